The van der Waals surface area contributed by atoms with E-state index in [1.807, 2.05) is 48.5 Å². The van der Waals surface area contributed by atoms with Gasteiger partial charge >= 0.3 is 0 Å². The molecule has 1 saturated heterocycles. The smallest absolute Gasteiger partial charge is 0.278 e. The van der Waals surface area contributed by atoms with Crippen LogP contribution in [0.5, 0.6) is 0 Å². The predicted octanol–water partition coefficient (Wildman–Crippen LogP) is 3.71. The second kappa shape index (κ2) is 7.89. The van der Waals surface area contributed by atoms with Crippen LogP contribution < -0.4 is 5.73 Å². The van der Waals surface area contributed by atoms with Gasteiger partial charge in [0.15, 0.2) is 5.82 Å². The van der Waals surface area contributed by atoms with E-state index in [1.54, 1.807) is 0 Å². The average Bonchev–Trinajstić information content (AvgIpc) is 3.00. The topological polar surface area (TPSA) is 64.1 Å². The molecule has 0 unspecified atom stereocenters. The number of hydrogen-bond donors (Lipinski definition) is 1. The number of carbonyl (C=O) groups excluding carboxylic acids is 1. The number of fused-ring (bicyclic) bond motifs is 1. The third-order valence-corrected chi connectivity index (χ3v) is 4.86. The molecule has 26 heavy (non-hydrogen) atoms. The van der Waals surface area contributed by atoms with E-state index in [0.29, 0.717) is 11.4 Å². The summed E-state index contributed by atoms with van der Waals surface area (Å²) >= 11 is 0. The van der Waals surface area contributed by atoms with Gasteiger partial charge in [0.05, 0.1) is 5.52 Å². The standard InChI is InChI=1S/C20H22N4O.ClH/c21-19-17-6-2-3-7-18(17)24(22-19)20(25)16-10-8-15(9-11-16)14-23-12-4-1-5-13-23;/h2-3,6-11H,1,4-5,12-14H2,(H2,21,22);1H. The van der Waals surface area contributed by atoms with Gasteiger partial charge in [0, 0.05) is 17.5 Å². The molecule has 0 aliphatic carbocycles. The maximum Gasteiger partial charge on any atom is 0.278 e. The minimum Gasteiger partial charge on any atom is -0.382 e. The predicted molar refractivity (Wildman–Crippen MR) is 107 cm³/mol. The molecule has 0 radical (unpaired) electrons. The van der Waals surface area contributed by atoms with Crippen molar-refractivity contribution in [3.8, 4) is 0 Å². The number of carbonyl (C=O) groups is 1. The van der Waals surface area contributed by atoms with Gasteiger partial charge in [-0.2, -0.15) is 4.68 Å². The summed E-state index contributed by atoms with van der Waals surface area (Å²) in [5.41, 5.74) is 8.53. The van der Waals surface area contributed by atoms with Crippen molar-refractivity contribution in [2.45, 2.75) is 25.8 Å². The van der Waals surface area contributed by atoms with Gasteiger partial charge in [-0.3, -0.25) is 9.69 Å². The number of halogens is 1. The molecule has 0 saturated carbocycles. The lowest BCUT2D eigenvalue weighted by Gasteiger charge is -2.26. The van der Waals surface area contributed by atoms with Crippen LogP contribution in [0.25, 0.3) is 10.9 Å². The van der Waals surface area contributed by atoms with Crippen molar-refractivity contribution in [2.75, 3.05) is 18.8 Å². The fourth-order valence-corrected chi connectivity index (χ4v) is 3.50. The van der Waals surface area contributed by atoms with E-state index in [-0.39, 0.29) is 18.3 Å². The Morgan fingerprint density at radius 1 is 1.00 bits per heavy atom. The van der Waals surface area contributed by atoms with E-state index < -0.39 is 0 Å². The molecule has 6 heteroatoms. The summed E-state index contributed by atoms with van der Waals surface area (Å²) in [5, 5.41) is 5.02. The number of hydrogen-bond acceptors (Lipinski definition) is 4. The quantitative estimate of drug-likeness (QED) is 0.763. The van der Waals surface area contributed by atoms with Crippen LogP contribution in [0.3, 0.4) is 0 Å². The largest absolute Gasteiger partial charge is 0.382 e. The van der Waals surface area contributed by atoms with Crippen LogP contribution in [0.2, 0.25) is 0 Å². The molecule has 1 aromatic heterocycles. The van der Waals surface area contributed by atoms with E-state index in [0.717, 1.165) is 17.4 Å². The zero-order valence-corrected chi connectivity index (χ0v) is 15.4. The Morgan fingerprint density at radius 2 is 1.69 bits per heavy atom. The Labute approximate surface area is 159 Å². The van der Waals surface area contributed by atoms with Crippen LogP contribution >= 0.6 is 12.4 Å². The highest BCUT2D eigenvalue weighted by atomic mass is 35.5. The van der Waals surface area contributed by atoms with Gasteiger partial charge in [-0.05, 0) is 55.8 Å². The number of likely N-dealkylation sites (tertiary alicyclic amines) is 1. The molecule has 2 heterocycles. The van der Waals surface area contributed by atoms with Crippen LogP contribution in [-0.4, -0.2) is 33.7 Å². The van der Waals surface area contributed by atoms with E-state index >= 15 is 0 Å². The molecule has 2 N–H and O–H groups in total. The molecule has 1 fully saturated rings. The van der Waals surface area contributed by atoms with Crippen LogP contribution in [0.15, 0.2) is 48.5 Å². The zero-order chi connectivity index (χ0) is 17.2. The second-order valence-corrected chi connectivity index (χ2v) is 6.65. The third kappa shape index (κ3) is 3.59. The molecule has 0 amide bonds. The molecule has 0 spiro atoms. The monoisotopic (exact) mass is 370 g/mol. The highest BCUT2D eigenvalue weighted by Gasteiger charge is 2.16. The number of nitrogen functional groups attached to an aromatic ring is 1. The first-order valence-corrected chi connectivity index (χ1v) is 8.81. The van der Waals surface area contributed by atoms with Crippen molar-refractivity contribution in [1.29, 1.82) is 0 Å². The molecule has 0 bridgehead atoms. The first-order valence-electron chi connectivity index (χ1n) is 8.81. The highest BCUT2D eigenvalue weighted by Crippen LogP contribution is 2.21. The Balaban J connectivity index is 0.00000196. The SMILES string of the molecule is Cl.Nc1nn(C(=O)c2ccc(CN3CCCCC3)cc2)c2ccccc12. The van der Waals surface area contributed by atoms with Gasteiger partial charge in [-0.1, -0.05) is 30.7 Å². The summed E-state index contributed by atoms with van der Waals surface area (Å²) in [7, 11) is 0. The lowest BCUT2D eigenvalue weighted by molar-refractivity contribution is 0.0951. The Hall–Kier alpha value is -2.37. The maximum atomic E-state index is 12.8. The number of rotatable bonds is 3. The van der Waals surface area contributed by atoms with Crippen molar-refractivity contribution in [3.05, 3.63) is 59.7 Å². The van der Waals surface area contributed by atoms with Crippen molar-refractivity contribution >= 4 is 35.0 Å². The number of benzene rings is 2. The first kappa shape index (κ1) is 18.4. The molecular formula is C20H23ClN4O. The number of nitrogens with two attached hydrogens (primary N) is 1. The number of nitrogens with zero attached hydrogens (tertiary/aromatic N) is 3. The van der Waals surface area contributed by atoms with Crippen LogP contribution in [0, 0.1) is 0 Å². The minimum atomic E-state index is -0.155. The van der Waals surface area contributed by atoms with Crippen molar-refractivity contribution in [1.82, 2.24) is 14.7 Å². The van der Waals surface area contributed by atoms with Gasteiger partial charge in [0.1, 0.15) is 0 Å². The number of aromatic nitrogens is 2. The Morgan fingerprint density at radius 3 is 2.42 bits per heavy atom. The summed E-state index contributed by atoms with van der Waals surface area (Å²) < 4.78 is 1.39. The molecule has 3 aromatic rings. The fraction of sp³-hybridized carbons (Fsp3) is 0.300. The molecule has 4 rings (SSSR count). The Bertz CT molecular complexity index is 898. The molecule has 1 aliphatic heterocycles. The summed E-state index contributed by atoms with van der Waals surface area (Å²) in [5.74, 6) is 0.225. The van der Waals surface area contributed by atoms with E-state index in [9.17, 15) is 4.79 Å². The van der Waals surface area contributed by atoms with Gasteiger partial charge in [0.2, 0.25) is 0 Å². The molecule has 5 nitrogen and oxygen atoms in total. The van der Waals surface area contributed by atoms with E-state index in [4.69, 9.17) is 5.73 Å². The average molecular weight is 371 g/mol. The third-order valence-electron chi connectivity index (χ3n) is 4.86. The lowest BCUT2D eigenvalue weighted by Crippen LogP contribution is -2.29. The fourth-order valence-electron chi connectivity index (χ4n) is 3.50. The van der Waals surface area contributed by atoms with Gasteiger partial charge in [-0.25, -0.2) is 0 Å². The first-order chi connectivity index (χ1) is 12.2. The summed E-state index contributed by atoms with van der Waals surface area (Å²) in [6.07, 6.45) is 3.90. The minimum absolute atomic E-state index is 0. The summed E-state index contributed by atoms with van der Waals surface area (Å²) in [4.78, 5) is 15.3. The molecule has 0 atom stereocenters. The van der Waals surface area contributed by atoms with Gasteiger partial charge in [-0.15, -0.1) is 17.5 Å². The van der Waals surface area contributed by atoms with Crippen LogP contribution in [0.4, 0.5) is 5.82 Å². The zero-order valence-electron chi connectivity index (χ0n) is 14.6. The molecular weight excluding hydrogens is 348 g/mol. The second-order valence-electron chi connectivity index (χ2n) is 6.65. The van der Waals surface area contributed by atoms with E-state index in [1.165, 1.54) is 42.6 Å². The summed E-state index contributed by atoms with van der Waals surface area (Å²) in [6, 6.07) is 15.4. The highest BCUT2D eigenvalue weighted by molar-refractivity contribution is 6.03. The molecule has 1 aliphatic rings. The number of para-hydroxylation sites is 1. The molecule has 136 valence electrons. The number of piperidine rings is 1. The normalized spacial score (nSPS) is 14.9. The van der Waals surface area contributed by atoms with Gasteiger partial charge in [0.25, 0.3) is 5.91 Å². The van der Waals surface area contributed by atoms with Crippen molar-refractivity contribution in [3.63, 3.8) is 0 Å². The lowest BCUT2D eigenvalue weighted by atomic mass is 10.1. The number of anilines is 1. The molecule has 2 aromatic carbocycles. The van der Waals surface area contributed by atoms with Crippen molar-refractivity contribution < 1.29 is 4.79 Å². The van der Waals surface area contributed by atoms with E-state index in [2.05, 4.69) is 10.00 Å². The Kier molecular flexibility index (Phi) is 5.59. The van der Waals surface area contributed by atoms with Gasteiger partial charge < -0.3 is 5.73 Å². The maximum absolute atomic E-state index is 12.8. The van der Waals surface area contributed by atoms with Crippen LogP contribution in [-0.2, 0) is 6.54 Å². The van der Waals surface area contributed by atoms with Crippen LogP contribution in [0.1, 0.15) is 35.2 Å². The van der Waals surface area contributed by atoms with Crippen molar-refractivity contribution in [2.24, 2.45) is 0 Å². The summed E-state index contributed by atoms with van der Waals surface area (Å²) in [6.45, 7) is 3.28.